The van der Waals surface area contributed by atoms with Crippen LogP contribution in [0.3, 0.4) is 0 Å². The highest BCUT2D eigenvalue weighted by Gasteiger charge is 2.67. The van der Waals surface area contributed by atoms with Crippen LogP contribution in [0.5, 0.6) is 0 Å². The molecule has 12 N–H and O–H groups in total. The van der Waals surface area contributed by atoms with Crippen LogP contribution in [-0.2, 0) is 15.0 Å². The molecule has 2 rings (SSSR count). The molecule has 16 nitrogen and oxygen atoms in total. The Balaban J connectivity index is 2.32. The molecule has 3 atom stereocenters. The fourth-order valence-electron chi connectivity index (χ4n) is 2.87. The van der Waals surface area contributed by atoms with Gasteiger partial charge in [-0.25, -0.2) is 9.98 Å². The third-order valence-electron chi connectivity index (χ3n) is 3.97. The second-order valence-electron chi connectivity index (χ2n) is 5.96. The molecule has 0 aliphatic carbocycles. The molecule has 17 heteroatoms. The Morgan fingerprint density at radius 1 is 1.41 bits per heavy atom. The van der Waals surface area contributed by atoms with Crippen molar-refractivity contribution in [3.05, 3.63) is 0 Å². The van der Waals surface area contributed by atoms with Crippen molar-refractivity contribution in [2.75, 3.05) is 13.2 Å². The van der Waals surface area contributed by atoms with Gasteiger partial charge in [0.25, 0.3) is 10.3 Å². The van der Waals surface area contributed by atoms with E-state index < -0.39 is 65.2 Å². The third kappa shape index (κ3) is 4.18. The molecule has 0 bridgehead atoms. The fourth-order valence-corrected chi connectivity index (χ4v) is 3.17. The van der Waals surface area contributed by atoms with Gasteiger partial charge >= 0.3 is 6.09 Å². The van der Waals surface area contributed by atoms with Crippen molar-refractivity contribution >= 4 is 28.3 Å². The quantitative estimate of drug-likeness (QED) is 0.0920. The summed E-state index contributed by atoms with van der Waals surface area (Å²) in [5.74, 6) is -7.10. The van der Waals surface area contributed by atoms with Crippen LogP contribution >= 0.6 is 0 Å². The van der Waals surface area contributed by atoms with E-state index in [4.69, 9.17) is 17.2 Å². The van der Waals surface area contributed by atoms with Crippen LogP contribution in [-0.4, -0.2) is 99.2 Å². The van der Waals surface area contributed by atoms with Crippen LogP contribution in [0.15, 0.2) is 9.98 Å². The first-order valence-corrected chi connectivity index (χ1v) is 8.68. The molecule has 1 fully saturated rings. The molecule has 2 aliphatic heterocycles. The molecule has 27 heavy (non-hydrogen) atoms. The molecule has 0 spiro atoms. The summed E-state index contributed by atoms with van der Waals surface area (Å²) in [4.78, 5) is 19.9. The summed E-state index contributed by atoms with van der Waals surface area (Å²) in [7, 11) is -5.00. The normalized spacial score (nSPS) is 28.9. The van der Waals surface area contributed by atoms with Gasteiger partial charge in [0.2, 0.25) is 11.6 Å². The average Bonchev–Trinajstić information content (AvgIpc) is 2.64. The first-order valence-electron chi connectivity index (χ1n) is 7.21. The van der Waals surface area contributed by atoms with E-state index in [1.165, 1.54) is 0 Å². The zero-order chi connectivity index (χ0) is 20.8. The minimum atomic E-state index is -5.00. The van der Waals surface area contributed by atoms with Crippen molar-refractivity contribution in [1.29, 1.82) is 0 Å². The molecule has 0 aromatic heterocycles. The van der Waals surface area contributed by atoms with Crippen LogP contribution in [0.4, 0.5) is 4.79 Å². The first-order chi connectivity index (χ1) is 12.2. The van der Waals surface area contributed by atoms with Gasteiger partial charge in [0, 0.05) is 0 Å². The predicted octanol–water partition coefficient (Wildman–Crippen LogP) is -7.47. The van der Waals surface area contributed by atoms with E-state index in [-0.39, 0.29) is 10.7 Å². The Labute approximate surface area is 151 Å². The molecule has 0 aromatic carbocycles. The minimum Gasteiger partial charge on any atom is -0.701 e. The Hall–Kier alpha value is -2.28. The number of hydrogen-bond acceptors (Lipinski definition) is 13. The van der Waals surface area contributed by atoms with Crippen molar-refractivity contribution in [2.45, 2.75) is 29.7 Å². The number of carbonyl (C=O) groups is 1. The number of rotatable bonds is 4. The number of amides is 1. The number of aliphatic imine (C=N–C) groups is 2. The smallest absolute Gasteiger partial charge is 0.527 e. The maximum atomic E-state index is 11.4. The Bertz CT molecular complexity index is 776. The van der Waals surface area contributed by atoms with E-state index in [9.17, 15) is 38.2 Å². The SMILES string of the molecule is NC(N)=N[C@@H]1C2N(CC(O)(O)C2(O)O)C(N)=N[C@H]1COC(=O)[NH2+]S(=O)(=O)[O-]. The zero-order valence-corrected chi connectivity index (χ0v) is 14.4. The second-order valence-corrected chi connectivity index (χ2v) is 7.18. The van der Waals surface area contributed by atoms with Crippen LogP contribution < -0.4 is 21.9 Å². The largest absolute Gasteiger partial charge is 0.701 e. The van der Waals surface area contributed by atoms with Gasteiger partial charge in [0.1, 0.15) is 24.7 Å². The van der Waals surface area contributed by atoms with Crippen LogP contribution in [0.2, 0.25) is 0 Å². The van der Waals surface area contributed by atoms with Gasteiger partial charge in [0.15, 0.2) is 11.9 Å². The molecule has 0 radical (unpaired) electrons. The highest BCUT2D eigenvalue weighted by atomic mass is 32.2. The molecule has 0 saturated carbocycles. The van der Waals surface area contributed by atoms with Crippen molar-refractivity contribution in [2.24, 2.45) is 27.2 Å². The van der Waals surface area contributed by atoms with Crippen molar-refractivity contribution < 1.29 is 47.7 Å². The molecular weight excluding hydrogens is 394 g/mol. The van der Waals surface area contributed by atoms with Gasteiger partial charge in [-0.2, -0.15) is 13.2 Å². The molecule has 0 aromatic rings. The average molecular weight is 413 g/mol. The number of nitrogens with two attached hydrogens (primary N) is 4. The number of guanidine groups is 2. The highest BCUT2D eigenvalue weighted by molar-refractivity contribution is 7.79. The molecule has 2 heterocycles. The number of fused-ring (bicyclic) bond motifs is 1. The molecule has 1 amide bonds. The van der Waals surface area contributed by atoms with E-state index in [1.807, 2.05) is 0 Å². The van der Waals surface area contributed by atoms with E-state index >= 15 is 0 Å². The van der Waals surface area contributed by atoms with E-state index in [1.54, 1.807) is 0 Å². The summed E-state index contributed by atoms with van der Waals surface area (Å²) in [5, 5.41) is 40.1. The summed E-state index contributed by atoms with van der Waals surface area (Å²) in [6.07, 6.45) is -1.51. The lowest BCUT2D eigenvalue weighted by molar-refractivity contribution is -0.417. The summed E-state index contributed by atoms with van der Waals surface area (Å²) < 4.78 is 35.9. The number of primary amides is 1. The molecule has 1 saturated heterocycles. The number of hydrogen-bond donors (Lipinski definition) is 8. The number of quaternary nitrogens is 1. The van der Waals surface area contributed by atoms with Crippen LogP contribution in [0.25, 0.3) is 0 Å². The van der Waals surface area contributed by atoms with Gasteiger partial charge in [-0.3, -0.25) is 0 Å². The van der Waals surface area contributed by atoms with E-state index in [2.05, 4.69) is 14.7 Å². The van der Waals surface area contributed by atoms with E-state index in [0.29, 0.717) is 0 Å². The van der Waals surface area contributed by atoms with E-state index in [0.717, 1.165) is 4.90 Å². The molecule has 154 valence electrons. The van der Waals surface area contributed by atoms with Gasteiger partial charge in [0.05, 0.1) is 6.54 Å². The number of ether oxygens (including phenoxy) is 1. The topological polar surface area (TPSA) is 287 Å². The Morgan fingerprint density at radius 3 is 2.52 bits per heavy atom. The van der Waals surface area contributed by atoms with Crippen molar-refractivity contribution in [1.82, 2.24) is 4.90 Å². The molecular formula is C10H19N7O9S. The third-order valence-corrected chi connectivity index (χ3v) is 4.45. The number of aliphatic hydroxyl groups is 4. The van der Waals surface area contributed by atoms with Crippen molar-refractivity contribution in [3.63, 3.8) is 0 Å². The summed E-state index contributed by atoms with van der Waals surface area (Å²) in [6, 6.07) is -4.27. The minimum absolute atomic E-state index is 0.213. The Morgan fingerprint density at radius 2 is 2.00 bits per heavy atom. The van der Waals surface area contributed by atoms with Gasteiger partial charge < -0.3 is 51.8 Å². The summed E-state index contributed by atoms with van der Waals surface area (Å²) in [5.41, 5.74) is 16.3. The molecule has 2 aliphatic rings. The van der Waals surface area contributed by atoms with Gasteiger partial charge in [-0.15, -0.1) is 4.72 Å². The lowest BCUT2D eigenvalue weighted by atomic mass is 9.91. The lowest BCUT2D eigenvalue weighted by Gasteiger charge is -2.41. The number of carbonyl (C=O) groups excluding carboxylic acids is 1. The van der Waals surface area contributed by atoms with Crippen molar-refractivity contribution in [3.8, 4) is 0 Å². The van der Waals surface area contributed by atoms with Gasteiger partial charge in [-0.1, -0.05) is 0 Å². The zero-order valence-electron chi connectivity index (χ0n) is 13.5. The number of nitrogens with zero attached hydrogens (tertiary/aromatic N) is 3. The summed E-state index contributed by atoms with van der Waals surface area (Å²) in [6.45, 7) is -1.46. The van der Waals surface area contributed by atoms with Crippen LogP contribution in [0, 0.1) is 0 Å². The van der Waals surface area contributed by atoms with Crippen LogP contribution in [0.1, 0.15) is 0 Å². The second kappa shape index (κ2) is 6.71. The standard InChI is InChI=1S/C10H19N7O9S/c11-6(12)15-4-3(1-26-8(18)16-27(23,24)25)14-7(13)17-2-9(19,20)10(21,22)5(4)17/h3-5,19-22H,1-2H2,(H2,13,14)(H,16,18)(H4,11,12,15)(H,23,24,25)/t3-,4-,5?/m0/s1. The lowest BCUT2D eigenvalue weighted by Crippen LogP contribution is -2.91. The maximum absolute atomic E-state index is 11.4. The van der Waals surface area contributed by atoms with Gasteiger partial charge in [-0.05, 0) is 0 Å². The fraction of sp³-hybridized carbons (Fsp3) is 0.700. The maximum Gasteiger partial charge on any atom is 0.527 e. The first kappa shape index (κ1) is 21.0. The predicted molar refractivity (Wildman–Crippen MR) is 82.8 cm³/mol. The monoisotopic (exact) mass is 413 g/mol. The Kier molecular flexibility index (Phi) is 5.22. The summed E-state index contributed by atoms with van der Waals surface area (Å²) >= 11 is 0. The molecule has 1 unspecified atom stereocenters. The highest BCUT2D eigenvalue weighted by Crippen LogP contribution is 2.39.